The predicted octanol–water partition coefficient (Wildman–Crippen LogP) is 6.31. The number of aliphatic hydroxyl groups is 1. The van der Waals surface area contributed by atoms with E-state index >= 15 is 0 Å². The molecule has 7 heteroatoms. The molecule has 0 aromatic heterocycles. The van der Waals surface area contributed by atoms with Crippen molar-refractivity contribution >= 4 is 14.1 Å². The van der Waals surface area contributed by atoms with Crippen LogP contribution in [0.1, 0.15) is 67.4 Å². The first-order valence-corrected chi connectivity index (χ1v) is 15.9. The summed E-state index contributed by atoms with van der Waals surface area (Å²) in [7, 11) is -0.559. The summed E-state index contributed by atoms with van der Waals surface area (Å²) < 4.78 is 25.0. The average Bonchev–Trinajstić information content (AvgIpc) is 3.36. The van der Waals surface area contributed by atoms with Crippen LogP contribution in [0.5, 0.6) is 11.5 Å². The first-order chi connectivity index (χ1) is 17.3. The minimum atomic E-state index is -2.21. The normalized spacial score (nSPS) is 23.7. The van der Waals surface area contributed by atoms with E-state index in [2.05, 4.69) is 62.0 Å². The fraction of sp³-hybridized carbons (Fsp3) is 0.700. The molecule has 2 aliphatic rings. The number of para-hydroxylation sites is 1. The average molecular weight is 533 g/mol. The smallest absolute Gasteiger partial charge is 0.258 e. The molecular formula is C30H48O6Si. The topological polar surface area (TPSA) is 74.2 Å². The summed E-state index contributed by atoms with van der Waals surface area (Å²) >= 11 is 0. The Bertz CT molecular complexity index is 941. The Morgan fingerprint density at radius 3 is 2.19 bits per heavy atom. The molecule has 3 rings (SSSR count). The molecule has 0 unspecified atom stereocenters. The third-order valence-corrected chi connectivity index (χ3v) is 14.8. The van der Waals surface area contributed by atoms with Gasteiger partial charge in [0.05, 0.1) is 32.3 Å². The number of aliphatic hydroxyl groups excluding tert-OH is 1. The molecule has 3 atom stereocenters. The van der Waals surface area contributed by atoms with Crippen molar-refractivity contribution < 1.29 is 28.5 Å². The maximum Gasteiger partial charge on any atom is 0.258 e. The number of ketones is 1. The van der Waals surface area contributed by atoms with E-state index in [1.807, 2.05) is 18.2 Å². The number of ether oxygens (including phenoxy) is 3. The highest BCUT2D eigenvalue weighted by Gasteiger charge is 2.64. The number of hydrogen-bond acceptors (Lipinski definition) is 6. The molecule has 1 aromatic carbocycles. The van der Waals surface area contributed by atoms with Crippen molar-refractivity contribution in [2.45, 2.75) is 96.7 Å². The van der Waals surface area contributed by atoms with E-state index in [0.717, 1.165) is 11.3 Å². The number of allylic oxidation sites excluding steroid dienone is 1. The van der Waals surface area contributed by atoms with E-state index < -0.39 is 26.1 Å². The van der Waals surface area contributed by atoms with Crippen molar-refractivity contribution in [3.05, 3.63) is 36.4 Å². The monoisotopic (exact) mass is 532 g/mol. The van der Waals surface area contributed by atoms with Crippen LogP contribution < -0.4 is 9.16 Å². The lowest BCUT2D eigenvalue weighted by atomic mass is 9.72. The first-order valence-electron chi connectivity index (χ1n) is 13.7. The van der Waals surface area contributed by atoms with Gasteiger partial charge in [-0.1, -0.05) is 74.1 Å². The van der Waals surface area contributed by atoms with Gasteiger partial charge in [-0.25, -0.2) is 0 Å². The number of benzene rings is 1. The molecule has 1 saturated heterocycles. The zero-order valence-electron chi connectivity index (χ0n) is 24.3. The van der Waals surface area contributed by atoms with Gasteiger partial charge in [0.25, 0.3) is 8.32 Å². The van der Waals surface area contributed by atoms with Crippen LogP contribution >= 0.6 is 0 Å². The molecule has 1 aromatic rings. The van der Waals surface area contributed by atoms with Crippen molar-refractivity contribution in [3.63, 3.8) is 0 Å². The summed E-state index contributed by atoms with van der Waals surface area (Å²) in [6.45, 7) is 22.3. The molecule has 0 amide bonds. The van der Waals surface area contributed by atoms with Crippen LogP contribution in [0.25, 0.3) is 0 Å². The molecular weight excluding hydrogens is 484 g/mol. The van der Waals surface area contributed by atoms with Crippen molar-refractivity contribution in [1.29, 1.82) is 0 Å². The molecule has 1 saturated carbocycles. The Morgan fingerprint density at radius 1 is 1.14 bits per heavy atom. The third kappa shape index (κ3) is 5.29. The van der Waals surface area contributed by atoms with Gasteiger partial charge in [0.2, 0.25) is 0 Å². The number of hydrogen-bond donors (Lipinski definition) is 1. The van der Waals surface area contributed by atoms with Gasteiger partial charge < -0.3 is 23.7 Å². The highest BCUT2D eigenvalue weighted by Crippen LogP contribution is 2.57. The second-order valence-corrected chi connectivity index (χ2v) is 17.8. The van der Waals surface area contributed by atoms with Crippen LogP contribution in [0.4, 0.5) is 0 Å². The maximum absolute atomic E-state index is 13.1. The fourth-order valence-electron chi connectivity index (χ4n) is 7.53. The summed E-state index contributed by atoms with van der Waals surface area (Å²) in [4.78, 5) is 13.1. The van der Waals surface area contributed by atoms with E-state index in [-0.39, 0.29) is 17.1 Å². The van der Waals surface area contributed by atoms with Crippen molar-refractivity contribution in [3.8, 4) is 11.5 Å². The van der Waals surface area contributed by atoms with Crippen LogP contribution in [0, 0.1) is 17.3 Å². The summed E-state index contributed by atoms with van der Waals surface area (Å²) in [5.74, 6) is -0.759. The van der Waals surface area contributed by atoms with Crippen LogP contribution in [-0.4, -0.2) is 51.4 Å². The number of methoxy groups -OCH3 is 1. The minimum Gasteiger partial charge on any atom is -0.540 e. The largest absolute Gasteiger partial charge is 0.540 e. The molecule has 1 aliphatic heterocycles. The van der Waals surface area contributed by atoms with Gasteiger partial charge in [-0.3, -0.25) is 4.79 Å². The van der Waals surface area contributed by atoms with Crippen molar-refractivity contribution in [1.82, 2.24) is 0 Å². The number of rotatable bonds is 11. The first kappa shape index (κ1) is 29.9. The Morgan fingerprint density at radius 2 is 1.70 bits per heavy atom. The Kier molecular flexibility index (Phi) is 9.05. The zero-order chi connectivity index (χ0) is 27.8. The predicted molar refractivity (Wildman–Crippen MR) is 150 cm³/mol. The molecule has 1 heterocycles. The van der Waals surface area contributed by atoms with Gasteiger partial charge >= 0.3 is 0 Å². The molecule has 0 radical (unpaired) electrons. The van der Waals surface area contributed by atoms with Crippen LogP contribution in [0.3, 0.4) is 0 Å². The summed E-state index contributed by atoms with van der Waals surface area (Å²) in [6.07, 6.45) is 1.38. The highest BCUT2D eigenvalue weighted by molar-refractivity contribution is 6.78. The summed E-state index contributed by atoms with van der Waals surface area (Å²) in [6, 6.07) is 5.92. The van der Waals surface area contributed by atoms with E-state index in [1.165, 1.54) is 6.08 Å². The van der Waals surface area contributed by atoms with Gasteiger partial charge in [-0.2, -0.15) is 0 Å². The van der Waals surface area contributed by atoms with Crippen LogP contribution in [0.2, 0.25) is 16.6 Å². The second kappa shape index (κ2) is 11.2. The van der Waals surface area contributed by atoms with Crippen molar-refractivity contribution in [2.75, 3.05) is 20.3 Å². The van der Waals surface area contributed by atoms with E-state index in [1.54, 1.807) is 7.11 Å². The third-order valence-electron chi connectivity index (χ3n) is 8.82. The summed E-state index contributed by atoms with van der Waals surface area (Å²) in [5, 5.41) is 11.7. The minimum absolute atomic E-state index is 0.151. The lowest BCUT2D eigenvalue weighted by Gasteiger charge is -2.42. The molecule has 6 nitrogen and oxygen atoms in total. The maximum atomic E-state index is 13.1. The Hall–Kier alpha value is -1.67. The highest BCUT2D eigenvalue weighted by atomic mass is 28.4. The zero-order valence-corrected chi connectivity index (χ0v) is 25.3. The van der Waals surface area contributed by atoms with E-state index in [0.29, 0.717) is 48.4 Å². The molecule has 1 N–H and O–H groups in total. The van der Waals surface area contributed by atoms with Gasteiger partial charge in [0.15, 0.2) is 17.3 Å². The van der Waals surface area contributed by atoms with Gasteiger partial charge in [-0.15, -0.1) is 0 Å². The molecule has 2 fully saturated rings. The molecule has 208 valence electrons. The molecule has 1 spiro atoms. The molecule has 1 aliphatic carbocycles. The van der Waals surface area contributed by atoms with Gasteiger partial charge in [-0.05, 0) is 34.2 Å². The summed E-state index contributed by atoms with van der Waals surface area (Å²) in [5.41, 5.74) is 1.72. The second-order valence-electron chi connectivity index (χ2n) is 12.4. The number of carbonyl (C=O) groups excluding carboxylic acids is 1. The SMILES string of the molecule is C=CC(=O)[C@H]1[C@H]([C@H](O)Cc2cccc(O[Si](C(C)C)(C(C)C)C(C)C)c2OC)C(C)(C)CC12OCCO2. The molecule has 37 heavy (non-hydrogen) atoms. The number of carbonyl (C=O) groups is 1. The van der Waals surface area contributed by atoms with E-state index in [4.69, 9.17) is 18.6 Å². The van der Waals surface area contributed by atoms with Crippen LogP contribution in [-0.2, 0) is 20.7 Å². The molecule has 0 bridgehead atoms. The fourth-order valence-corrected chi connectivity index (χ4v) is 12.8. The van der Waals surface area contributed by atoms with E-state index in [9.17, 15) is 9.90 Å². The lowest BCUT2D eigenvalue weighted by molar-refractivity contribution is -0.191. The van der Waals surface area contributed by atoms with Crippen molar-refractivity contribution in [2.24, 2.45) is 17.3 Å². The standard InChI is InChI=1S/C30H48O6Si/c1-11-23(31)27-26(29(8,9)18-30(27)34-15-16-35-30)24(32)17-22-13-12-14-25(28(22)33-10)36-37(19(2)3,20(4)5)21(6)7/h11-14,19-21,24,26-27,32H,1,15-18H2,2-10H3/t24-,26+,27+/m1/s1. The Labute approximate surface area is 224 Å². The Balaban J connectivity index is 1.99. The van der Waals surface area contributed by atoms with Crippen LogP contribution in [0.15, 0.2) is 30.9 Å². The lowest BCUT2D eigenvalue weighted by Crippen LogP contribution is -2.50. The quantitative estimate of drug-likeness (QED) is 0.266. The van der Waals surface area contributed by atoms with Gasteiger partial charge in [0, 0.05) is 24.3 Å². The van der Waals surface area contributed by atoms with Gasteiger partial charge in [0.1, 0.15) is 5.75 Å².